The summed E-state index contributed by atoms with van der Waals surface area (Å²) in [5.74, 6) is 0. The van der Waals surface area contributed by atoms with Crippen LogP contribution in [0.1, 0.15) is 0 Å². The molecule has 0 aliphatic rings. The SMILES string of the molecule is c1cc(-c2cccc3oc4ccccc4c23)cc(-n2nc3ccc(-n4c5ccccc5c5ccccc54)cc3n2)c1. The highest BCUT2D eigenvalue weighted by atomic mass is 16.3. The summed E-state index contributed by atoms with van der Waals surface area (Å²) in [7, 11) is 0. The monoisotopic (exact) mass is 526 g/mol. The Morgan fingerprint density at radius 1 is 0.488 bits per heavy atom. The van der Waals surface area contributed by atoms with Gasteiger partial charge in [-0.3, -0.25) is 0 Å². The maximum Gasteiger partial charge on any atom is 0.136 e. The van der Waals surface area contributed by atoms with Crippen LogP contribution in [-0.2, 0) is 0 Å². The zero-order valence-electron chi connectivity index (χ0n) is 21.9. The molecule has 9 rings (SSSR count). The maximum atomic E-state index is 6.13. The van der Waals surface area contributed by atoms with Crippen LogP contribution >= 0.6 is 0 Å². The van der Waals surface area contributed by atoms with E-state index in [9.17, 15) is 0 Å². The van der Waals surface area contributed by atoms with Gasteiger partial charge in [0, 0.05) is 27.2 Å². The van der Waals surface area contributed by atoms with E-state index in [0.29, 0.717) is 0 Å². The van der Waals surface area contributed by atoms with Gasteiger partial charge in [0.05, 0.1) is 16.7 Å². The summed E-state index contributed by atoms with van der Waals surface area (Å²) >= 11 is 0. The number of hydrogen-bond donors (Lipinski definition) is 0. The lowest BCUT2D eigenvalue weighted by Crippen LogP contribution is -1.98. The summed E-state index contributed by atoms with van der Waals surface area (Å²) in [5, 5.41) is 14.5. The lowest BCUT2D eigenvalue weighted by atomic mass is 9.99. The van der Waals surface area contributed by atoms with Crippen LogP contribution in [0.3, 0.4) is 0 Å². The average molecular weight is 527 g/mol. The van der Waals surface area contributed by atoms with Crippen LogP contribution < -0.4 is 0 Å². The van der Waals surface area contributed by atoms with Gasteiger partial charge in [0.2, 0.25) is 0 Å². The van der Waals surface area contributed by atoms with Crippen molar-refractivity contribution in [3.8, 4) is 22.5 Å². The molecule has 0 fully saturated rings. The molecule has 0 bridgehead atoms. The molecule has 0 aliphatic heterocycles. The van der Waals surface area contributed by atoms with Crippen molar-refractivity contribution in [2.24, 2.45) is 0 Å². The van der Waals surface area contributed by atoms with Gasteiger partial charge in [0.25, 0.3) is 0 Å². The molecule has 9 aromatic rings. The van der Waals surface area contributed by atoms with E-state index >= 15 is 0 Å². The highest BCUT2D eigenvalue weighted by molar-refractivity contribution is 6.12. The second-order valence-corrected chi connectivity index (χ2v) is 10.4. The van der Waals surface area contributed by atoms with Crippen molar-refractivity contribution in [2.45, 2.75) is 0 Å². The molecule has 192 valence electrons. The molecular weight excluding hydrogens is 504 g/mol. The number of nitrogens with zero attached hydrogens (tertiary/aromatic N) is 4. The Balaban J connectivity index is 1.18. The van der Waals surface area contributed by atoms with Crippen LogP contribution in [0.5, 0.6) is 0 Å². The Hall–Kier alpha value is -5.68. The second kappa shape index (κ2) is 8.41. The summed E-state index contributed by atoms with van der Waals surface area (Å²) < 4.78 is 8.44. The third-order valence-corrected chi connectivity index (χ3v) is 7.99. The Kier molecular flexibility index (Phi) is 4.55. The van der Waals surface area contributed by atoms with Gasteiger partial charge in [0.15, 0.2) is 0 Å². The van der Waals surface area contributed by atoms with Crippen molar-refractivity contribution in [1.82, 2.24) is 19.6 Å². The quantitative estimate of drug-likeness (QED) is 0.231. The van der Waals surface area contributed by atoms with Crippen molar-refractivity contribution >= 4 is 54.8 Å². The fraction of sp³-hybridized carbons (Fsp3) is 0. The molecule has 0 radical (unpaired) electrons. The van der Waals surface area contributed by atoms with Gasteiger partial charge in [-0.1, -0.05) is 78.9 Å². The van der Waals surface area contributed by atoms with Gasteiger partial charge in [-0.15, -0.1) is 10.2 Å². The number of fused-ring (bicyclic) bond motifs is 7. The molecule has 0 unspecified atom stereocenters. The van der Waals surface area contributed by atoms with Crippen LogP contribution in [0.25, 0.3) is 77.3 Å². The third-order valence-electron chi connectivity index (χ3n) is 7.99. The Labute approximate surface area is 234 Å². The van der Waals surface area contributed by atoms with Crippen LogP contribution in [0, 0.1) is 0 Å². The molecule has 0 aliphatic carbocycles. The van der Waals surface area contributed by atoms with E-state index in [4.69, 9.17) is 14.6 Å². The minimum atomic E-state index is 0.845. The van der Waals surface area contributed by atoms with Crippen LogP contribution in [0.4, 0.5) is 0 Å². The number of aromatic nitrogens is 4. The van der Waals surface area contributed by atoms with Gasteiger partial charge >= 0.3 is 0 Å². The molecule has 5 heteroatoms. The van der Waals surface area contributed by atoms with Gasteiger partial charge in [-0.25, -0.2) is 0 Å². The van der Waals surface area contributed by atoms with Crippen LogP contribution in [-0.4, -0.2) is 19.6 Å². The predicted molar refractivity (Wildman–Crippen MR) is 166 cm³/mol. The topological polar surface area (TPSA) is 48.8 Å². The molecule has 5 nitrogen and oxygen atoms in total. The largest absolute Gasteiger partial charge is 0.456 e. The normalized spacial score (nSPS) is 11.9. The Morgan fingerprint density at radius 3 is 2.00 bits per heavy atom. The summed E-state index contributed by atoms with van der Waals surface area (Å²) in [6, 6.07) is 46.2. The van der Waals surface area contributed by atoms with Gasteiger partial charge in [0.1, 0.15) is 22.2 Å². The molecular formula is C36H22N4O. The third kappa shape index (κ3) is 3.29. The number of rotatable bonds is 3. The molecule has 6 aromatic carbocycles. The lowest BCUT2D eigenvalue weighted by molar-refractivity contribution is 0.669. The average Bonchev–Trinajstić information content (AvgIpc) is 3.72. The van der Waals surface area contributed by atoms with Crippen molar-refractivity contribution in [3.05, 3.63) is 133 Å². The van der Waals surface area contributed by atoms with E-state index in [0.717, 1.165) is 55.5 Å². The molecule has 0 atom stereocenters. The number of hydrogen-bond acceptors (Lipinski definition) is 3. The van der Waals surface area contributed by atoms with Crippen molar-refractivity contribution in [1.29, 1.82) is 0 Å². The fourth-order valence-corrected chi connectivity index (χ4v) is 6.17. The van der Waals surface area contributed by atoms with Crippen molar-refractivity contribution < 1.29 is 4.42 Å². The second-order valence-electron chi connectivity index (χ2n) is 10.4. The first-order valence-electron chi connectivity index (χ1n) is 13.7. The molecule has 0 amide bonds. The molecule has 41 heavy (non-hydrogen) atoms. The minimum Gasteiger partial charge on any atom is -0.456 e. The summed E-state index contributed by atoms with van der Waals surface area (Å²) in [6.07, 6.45) is 0. The fourth-order valence-electron chi connectivity index (χ4n) is 6.17. The predicted octanol–water partition coefficient (Wildman–Crippen LogP) is 9.08. The standard InChI is InChI=1S/C36H22N4O/c1-4-15-32-27(11-1)28-12-2-5-16-33(28)39(32)24-19-20-30-31(22-24)38-40(37-30)25-10-7-9-23(21-25)26-14-8-18-35-36(26)29-13-3-6-17-34(29)41-35/h1-22H. The van der Waals surface area contributed by atoms with Crippen LogP contribution in [0.2, 0.25) is 0 Å². The van der Waals surface area contributed by atoms with E-state index < -0.39 is 0 Å². The van der Waals surface area contributed by atoms with Crippen LogP contribution in [0.15, 0.2) is 138 Å². The van der Waals surface area contributed by atoms with E-state index in [-0.39, 0.29) is 0 Å². The smallest absolute Gasteiger partial charge is 0.136 e. The Bertz CT molecular complexity index is 2390. The first-order chi connectivity index (χ1) is 20.3. The number of benzene rings is 6. The molecule has 0 spiro atoms. The molecule has 0 saturated heterocycles. The van der Waals surface area contributed by atoms with E-state index in [1.807, 2.05) is 30.3 Å². The molecule has 0 saturated carbocycles. The zero-order chi connectivity index (χ0) is 26.9. The first-order valence-corrected chi connectivity index (χ1v) is 13.7. The molecule has 0 N–H and O–H groups in total. The highest BCUT2D eigenvalue weighted by Gasteiger charge is 2.15. The molecule has 3 aromatic heterocycles. The molecule has 3 heterocycles. The summed E-state index contributed by atoms with van der Waals surface area (Å²) in [4.78, 5) is 1.73. The zero-order valence-corrected chi connectivity index (χ0v) is 21.9. The Morgan fingerprint density at radius 2 is 1.17 bits per heavy atom. The van der Waals surface area contributed by atoms with Gasteiger partial charge in [-0.2, -0.15) is 4.80 Å². The summed E-state index contributed by atoms with van der Waals surface area (Å²) in [6.45, 7) is 0. The number of furan rings is 1. The van der Waals surface area contributed by atoms with E-state index in [2.05, 4.69) is 108 Å². The van der Waals surface area contributed by atoms with Gasteiger partial charge in [-0.05, 0) is 65.7 Å². The van der Waals surface area contributed by atoms with E-state index in [1.54, 1.807) is 4.80 Å². The maximum absolute atomic E-state index is 6.13. The summed E-state index contributed by atoms with van der Waals surface area (Å²) in [5.41, 5.74) is 10.0. The first kappa shape index (κ1) is 22.2. The number of para-hydroxylation sites is 3. The van der Waals surface area contributed by atoms with E-state index in [1.165, 1.54) is 21.8 Å². The highest BCUT2D eigenvalue weighted by Crippen LogP contribution is 2.37. The van der Waals surface area contributed by atoms with Crippen molar-refractivity contribution in [3.63, 3.8) is 0 Å². The minimum absolute atomic E-state index is 0.845. The van der Waals surface area contributed by atoms with Crippen molar-refractivity contribution in [2.75, 3.05) is 0 Å². The lowest BCUT2D eigenvalue weighted by Gasteiger charge is -2.07. The van der Waals surface area contributed by atoms with Gasteiger partial charge < -0.3 is 8.98 Å².